The molecule has 2 aliphatic heterocycles. The van der Waals surface area contributed by atoms with Crippen LogP contribution in [-0.4, -0.2) is 18.3 Å². The van der Waals surface area contributed by atoms with E-state index in [1.165, 1.54) is 0 Å². The molecule has 160 valence electrons. The second kappa shape index (κ2) is 7.91. The van der Waals surface area contributed by atoms with E-state index in [4.69, 9.17) is 9.05 Å². The van der Waals surface area contributed by atoms with Crippen LogP contribution in [0.25, 0.3) is 16.1 Å². The van der Waals surface area contributed by atoms with Crippen LogP contribution in [0.4, 0.5) is 0 Å². The van der Waals surface area contributed by atoms with Crippen LogP contribution in [0.3, 0.4) is 0 Å². The van der Waals surface area contributed by atoms with E-state index in [0.717, 1.165) is 31.7 Å². The Hall–Kier alpha value is -1.88. The maximum absolute atomic E-state index is 14.2. The fourth-order valence-corrected chi connectivity index (χ4v) is 7.98. The summed E-state index contributed by atoms with van der Waals surface area (Å²) in [7, 11) is -3.59. The zero-order chi connectivity index (χ0) is 21.6. The maximum atomic E-state index is 14.2. The van der Waals surface area contributed by atoms with E-state index in [1.807, 2.05) is 80.6 Å². The van der Waals surface area contributed by atoms with Crippen LogP contribution in [0, 0.1) is 5.41 Å². The summed E-state index contributed by atoms with van der Waals surface area (Å²) in [6, 6.07) is 21.9. The molecule has 31 heavy (non-hydrogen) atoms. The third kappa shape index (κ3) is 3.90. The molecule has 1 N–H and O–H groups in total. The highest BCUT2D eigenvalue weighted by atomic mass is 32.2. The van der Waals surface area contributed by atoms with Gasteiger partial charge in [0.15, 0.2) is 0 Å². The first-order chi connectivity index (χ1) is 14.9. The van der Waals surface area contributed by atoms with Crippen LogP contribution in [0.5, 0.6) is 0 Å². The Morgan fingerprint density at radius 2 is 1.68 bits per heavy atom. The van der Waals surface area contributed by atoms with Crippen molar-refractivity contribution < 1.29 is 18.7 Å². The normalized spacial score (nSPS) is 23.9. The summed E-state index contributed by atoms with van der Waals surface area (Å²) >= 11 is 1.55. The van der Waals surface area contributed by atoms with E-state index >= 15 is 0 Å². The van der Waals surface area contributed by atoms with Crippen LogP contribution in [0.2, 0.25) is 0 Å². The molecule has 0 spiro atoms. The third-order valence-electron chi connectivity index (χ3n) is 5.72. The minimum absolute atomic E-state index is 0.200. The standard InChI is InChI=1S/C25H25O4PS/c1-25(2)15-28-30(27,29-16-25)24(19-12-7-9-17-8-3-4-10-18(17)19)23-14-21(26)20-11-5-6-13-22(20)31-23/h3-13,21,26H,14-16H2,1-2H3/b24-23+. The lowest BCUT2D eigenvalue weighted by Gasteiger charge is -2.36. The lowest BCUT2D eigenvalue weighted by molar-refractivity contribution is 0.0467. The summed E-state index contributed by atoms with van der Waals surface area (Å²) in [5.74, 6) is 0. The molecule has 0 aliphatic carbocycles. The quantitative estimate of drug-likeness (QED) is 0.424. The molecule has 3 aromatic carbocycles. The minimum atomic E-state index is -3.59. The topological polar surface area (TPSA) is 55.8 Å². The van der Waals surface area contributed by atoms with Crippen molar-refractivity contribution in [1.82, 2.24) is 0 Å². The van der Waals surface area contributed by atoms with E-state index in [9.17, 15) is 9.67 Å². The molecule has 1 unspecified atom stereocenters. The van der Waals surface area contributed by atoms with Gasteiger partial charge >= 0.3 is 7.60 Å². The second-order valence-electron chi connectivity index (χ2n) is 8.87. The van der Waals surface area contributed by atoms with Crippen LogP contribution in [-0.2, 0) is 13.6 Å². The molecule has 0 saturated carbocycles. The summed E-state index contributed by atoms with van der Waals surface area (Å²) in [6.45, 7) is 4.79. The average Bonchev–Trinajstić information content (AvgIpc) is 2.77. The van der Waals surface area contributed by atoms with E-state index in [0.29, 0.717) is 24.9 Å². The molecule has 0 bridgehead atoms. The first kappa shape index (κ1) is 21.0. The first-order valence-corrected chi connectivity index (χ1v) is 12.8. The van der Waals surface area contributed by atoms with Gasteiger partial charge in [-0.15, -0.1) is 0 Å². The monoisotopic (exact) mass is 452 g/mol. The molecule has 0 amide bonds. The van der Waals surface area contributed by atoms with Gasteiger partial charge in [-0.25, -0.2) is 0 Å². The largest absolute Gasteiger partial charge is 0.388 e. The highest BCUT2D eigenvalue weighted by Crippen LogP contribution is 2.67. The molecule has 0 radical (unpaired) electrons. The number of aliphatic hydroxyl groups is 1. The number of hydrogen-bond donors (Lipinski definition) is 1. The van der Waals surface area contributed by atoms with E-state index in [-0.39, 0.29) is 5.41 Å². The molecule has 2 aliphatic rings. The fourth-order valence-electron chi connectivity index (χ4n) is 4.06. The maximum Gasteiger partial charge on any atom is 0.362 e. The van der Waals surface area contributed by atoms with Crippen molar-refractivity contribution in [3.8, 4) is 0 Å². The predicted octanol–water partition coefficient (Wildman–Crippen LogP) is 7.00. The van der Waals surface area contributed by atoms with Gasteiger partial charge in [-0.2, -0.15) is 0 Å². The lowest BCUT2D eigenvalue weighted by Crippen LogP contribution is -2.29. The van der Waals surface area contributed by atoms with E-state index in [2.05, 4.69) is 0 Å². The van der Waals surface area contributed by atoms with Gasteiger partial charge < -0.3 is 14.2 Å². The number of thioether (sulfide) groups is 1. The second-order valence-corrected chi connectivity index (χ2v) is 12.0. The van der Waals surface area contributed by atoms with Gasteiger partial charge in [0.05, 0.1) is 24.6 Å². The Morgan fingerprint density at radius 1 is 1.00 bits per heavy atom. The Bertz CT molecular complexity index is 1210. The minimum Gasteiger partial charge on any atom is -0.388 e. The van der Waals surface area contributed by atoms with E-state index < -0.39 is 13.7 Å². The summed E-state index contributed by atoms with van der Waals surface area (Å²) in [5.41, 5.74) is 1.54. The molecular weight excluding hydrogens is 427 g/mol. The number of benzene rings is 3. The highest BCUT2D eigenvalue weighted by molar-refractivity contribution is 8.03. The third-order valence-corrected chi connectivity index (χ3v) is 9.08. The predicted molar refractivity (Wildman–Crippen MR) is 126 cm³/mol. The van der Waals surface area contributed by atoms with Gasteiger partial charge in [-0.3, -0.25) is 4.57 Å². The van der Waals surface area contributed by atoms with Crippen LogP contribution < -0.4 is 0 Å². The average molecular weight is 453 g/mol. The summed E-state index contributed by atoms with van der Waals surface area (Å²) in [5, 5.41) is 13.5. The Morgan fingerprint density at radius 3 is 2.48 bits per heavy atom. The van der Waals surface area contributed by atoms with Gasteiger partial charge in [-0.05, 0) is 28.0 Å². The summed E-state index contributed by atoms with van der Waals surface area (Å²) in [6.07, 6.45) is -0.286. The van der Waals surface area contributed by atoms with Crippen molar-refractivity contribution in [1.29, 1.82) is 0 Å². The molecule has 0 aromatic heterocycles. The van der Waals surface area contributed by atoms with E-state index in [1.54, 1.807) is 11.8 Å². The lowest BCUT2D eigenvalue weighted by atomic mass is 9.97. The zero-order valence-electron chi connectivity index (χ0n) is 17.6. The number of aliphatic hydroxyl groups excluding tert-OH is 1. The first-order valence-electron chi connectivity index (χ1n) is 10.4. The Kier molecular flexibility index (Phi) is 5.36. The molecule has 4 nitrogen and oxygen atoms in total. The van der Waals surface area contributed by atoms with Crippen molar-refractivity contribution >= 4 is 35.4 Å². The summed E-state index contributed by atoms with van der Waals surface area (Å²) < 4.78 is 26.2. The van der Waals surface area contributed by atoms with Crippen molar-refractivity contribution in [2.45, 2.75) is 31.3 Å². The van der Waals surface area contributed by atoms with Crippen LogP contribution in [0.15, 0.2) is 76.5 Å². The van der Waals surface area contributed by atoms with Gasteiger partial charge in [-0.1, -0.05) is 86.3 Å². The number of hydrogen-bond acceptors (Lipinski definition) is 5. The number of rotatable bonds is 2. The molecule has 1 saturated heterocycles. The Labute approximate surface area is 186 Å². The van der Waals surface area contributed by atoms with Crippen molar-refractivity contribution in [3.63, 3.8) is 0 Å². The molecule has 2 heterocycles. The van der Waals surface area contributed by atoms with Crippen LogP contribution >= 0.6 is 19.4 Å². The summed E-state index contributed by atoms with van der Waals surface area (Å²) in [4.78, 5) is 1.81. The Balaban J connectivity index is 1.73. The van der Waals surface area contributed by atoms with Gasteiger partial charge in [0.2, 0.25) is 0 Å². The van der Waals surface area contributed by atoms with Crippen LogP contribution in [0.1, 0.15) is 37.5 Å². The van der Waals surface area contributed by atoms with Crippen molar-refractivity contribution in [2.24, 2.45) is 5.41 Å². The molecule has 1 fully saturated rings. The van der Waals surface area contributed by atoms with Gasteiger partial charge in [0, 0.05) is 21.6 Å². The molecule has 5 rings (SSSR count). The molecule has 3 aromatic rings. The smallest absolute Gasteiger partial charge is 0.362 e. The van der Waals surface area contributed by atoms with Gasteiger partial charge in [0.1, 0.15) is 0 Å². The SMILES string of the molecule is CC1(C)COP(=O)(/C(=C2\CC(O)c3ccccc3S2)c2cccc3ccccc23)OC1. The zero-order valence-corrected chi connectivity index (χ0v) is 19.3. The molecule has 1 atom stereocenters. The van der Waals surface area contributed by atoms with Crippen molar-refractivity contribution in [2.75, 3.05) is 13.2 Å². The fraction of sp³-hybridized carbons (Fsp3) is 0.280. The highest BCUT2D eigenvalue weighted by Gasteiger charge is 2.43. The number of fused-ring (bicyclic) bond motifs is 2. The van der Waals surface area contributed by atoms with Crippen molar-refractivity contribution in [3.05, 3.63) is 82.8 Å². The molecular formula is C25H25O4PS. The van der Waals surface area contributed by atoms with Gasteiger partial charge in [0.25, 0.3) is 0 Å². The molecule has 6 heteroatoms.